The van der Waals surface area contributed by atoms with E-state index in [1.165, 1.54) is 0 Å². The van der Waals surface area contributed by atoms with Gasteiger partial charge in [0.15, 0.2) is 0 Å². The van der Waals surface area contributed by atoms with Gasteiger partial charge in [-0.05, 0) is 24.3 Å². The second kappa shape index (κ2) is 5.94. The zero-order valence-corrected chi connectivity index (χ0v) is 10.6. The number of aromatic nitrogens is 2. The van der Waals surface area contributed by atoms with E-state index in [2.05, 4.69) is 37.7 Å². The fourth-order valence-corrected chi connectivity index (χ4v) is 1.71. The SMILES string of the molecule is CC(C)Cc1ccnc(C(CO)C(C)C)n1. The summed E-state index contributed by atoms with van der Waals surface area (Å²) in [7, 11) is 0. The first-order valence-corrected chi connectivity index (χ1v) is 5.97. The Morgan fingerprint density at radius 3 is 2.44 bits per heavy atom. The number of hydrogen-bond acceptors (Lipinski definition) is 3. The molecule has 3 heteroatoms. The molecule has 1 heterocycles. The van der Waals surface area contributed by atoms with Crippen LogP contribution in [-0.2, 0) is 6.42 Å². The largest absolute Gasteiger partial charge is 0.396 e. The van der Waals surface area contributed by atoms with E-state index in [0.29, 0.717) is 11.8 Å². The normalized spacial score (nSPS) is 13.4. The van der Waals surface area contributed by atoms with Crippen LogP contribution in [0.5, 0.6) is 0 Å². The maximum Gasteiger partial charge on any atom is 0.134 e. The molecule has 90 valence electrons. The standard InChI is InChI=1S/C13H22N2O/c1-9(2)7-11-5-6-14-13(15-11)12(8-16)10(3)4/h5-6,9-10,12,16H,7-8H2,1-4H3. The molecule has 0 saturated heterocycles. The summed E-state index contributed by atoms with van der Waals surface area (Å²) in [6.07, 6.45) is 2.76. The molecule has 0 aliphatic rings. The van der Waals surface area contributed by atoms with E-state index in [0.717, 1.165) is 17.9 Å². The average molecular weight is 222 g/mol. The molecule has 0 aliphatic heterocycles. The number of aliphatic hydroxyl groups is 1. The van der Waals surface area contributed by atoms with E-state index in [-0.39, 0.29) is 12.5 Å². The van der Waals surface area contributed by atoms with Crippen molar-refractivity contribution in [2.45, 2.75) is 40.0 Å². The maximum absolute atomic E-state index is 9.34. The lowest BCUT2D eigenvalue weighted by molar-refractivity contribution is 0.231. The first kappa shape index (κ1) is 13.1. The van der Waals surface area contributed by atoms with Gasteiger partial charge in [-0.15, -0.1) is 0 Å². The Labute approximate surface area is 97.9 Å². The molecule has 0 saturated carbocycles. The minimum Gasteiger partial charge on any atom is -0.396 e. The highest BCUT2D eigenvalue weighted by Gasteiger charge is 2.17. The van der Waals surface area contributed by atoms with Gasteiger partial charge in [0.2, 0.25) is 0 Å². The van der Waals surface area contributed by atoms with Gasteiger partial charge in [-0.3, -0.25) is 0 Å². The summed E-state index contributed by atoms with van der Waals surface area (Å²) < 4.78 is 0. The third-order valence-electron chi connectivity index (χ3n) is 2.68. The highest BCUT2D eigenvalue weighted by atomic mass is 16.3. The summed E-state index contributed by atoms with van der Waals surface area (Å²) in [5, 5.41) is 9.34. The molecule has 0 spiro atoms. The lowest BCUT2D eigenvalue weighted by Crippen LogP contribution is -2.15. The Hall–Kier alpha value is -0.960. The molecule has 1 aromatic heterocycles. The van der Waals surface area contributed by atoms with E-state index in [4.69, 9.17) is 0 Å². The lowest BCUT2D eigenvalue weighted by Gasteiger charge is -2.17. The monoisotopic (exact) mass is 222 g/mol. The van der Waals surface area contributed by atoms with Crippen molar-refractivity contribution >= 4 is 0 Å². The molecular formula is C13H22N2O. The third kappa shape index (κ3) is 3.56. The van der Waals surface area contributed by atoms with Crippen molar-refractivity contribution in [3.8, 4) is 0 Å². The van der Waals surface area contributed by atoms with Crippen LogP contribution in [0.3, 0.4) is 0 Å². The number of nitrogens with zero attached hydrogens (tertiary/aromatic N) is 2. The Balaban J connectivity index is 2.88. The summed E-state index contributed by atoms with van der Waals surface area (Å²) in [6, 6.07) is 1.96. The zero-order chi connectivity index (χ0) is 12.1. The van der Waals surface area contributed by atoms with Gasteiger partial charge in [0.05, 0.1) is 6.61 Å². The predicted octanol–water partition coefficient (Wildman–Crippen LogP) is 2.41. The molecule has 0 aromatic carbocycles. The Morgan fingerprint density at radius 1 is 1.25 bits per heavy atom. The van der Waals surface area contributed by atoms with Gasteiger partial charge >= 0.3 is 0 Å². The van der Waals surface area contributed by atoms with E-state index >= 15 is 0 Å². The van der Waals surface area contributed by atoms with Crippen LogP contribution < -0.4 is 0 Å². The summed E-state index contributed by atoms with van der Waals surface area (Å²) in [5.41, 5.74) is 1.07. The van der Waals surface area contributed by atoms with Crippen molar-refractivity contribution in [2.75, 3.05) is 6.61 Å². The van der Waals surface area contributed by atoms with E-state index < -0.39 is 0 Å². The molecule has 0 aliphatic carbocycles. The number of hydrogen-bond donors (Lipinski definition) is 1. The van der Waals surface area contributed by atoms with Crippen molar-refractivity contribution < 1.29 is 5.11 Å². The molecule has 1 N–H and O–H groups in total. The van der Waals surface area contributed by atoms with Gasteiger partial charge in [-0.1, -0.05) is 27.7 Å². The fourth-order valence-electron chi connectivity index (χ4n) is 1.71. The second-order valence-corrected chi connectivity index (χ2v) is 5.04. The molecule has 1 unspecified atom stereocenters. The molecule has 0 bridgehead atoms. The van der Waals surface area contributed by atoms with Crippen LogP contribution in [0.2, 0.25) is 0 Å². The minimum atomic E-state index is 0.0483. The predicted molar refractivity (Wildman–Crippen MR) is 65.2 cm³/mol. The van der Waals surface area contributed by atoms with Gasteiger partial charge in [0.1, 0.15) is 5.82 Å². The first-order valence-electron chi connectivity index (χ1n) is 5.97. The van der Waals surface area contributed by atoms with Crippen LogP contribution in [0.1, 0.15) is 45.1 Å². The van der Waals surface area contributed by atoms with Gasteiger partial charge in [0, 0.05) is 17.8 Å². The molecule has 1 atom stereocenters. The van der Waals surface area contributed by atoms with Crippen LogP contribution >= 0.6 is 0 Å². The second-order valence-electron chi connectivity index (χ2n) is 5.04. The van der Waals surface area contributed by atoms with Crippen molar-refractivity contribution in [3.05, 3.63) is 23.8 Å². The summed E-state index contributed by atoms with van der Waals surface area (Å²) in [5.74, 6) is 1.77. The maximum atomic E-state index is 9.34. The minimum absolute atomic E-state index is 0.0483. The summed E-state index contributed by atoms with van der Waals surface area (Å²) >= 11 is 0. The van der Waals surface area contributed by atoms with Crippen molar-refractivity contribution in [1.29, 1.82) is 0 Å². The van der Waals surface area contributed by atoms with Crippen molar-refractivity contribution in [1.82, 2.24) is 9.97 Å². The topological polar surface area (TPSA) is 46.0 Å². The fraction of sp³-hybridized carbons (Fsp3) is 0.692. The van der Waals surface area contributed by atoms with Crippen LogP contribution in [0, 0.1) is 11.8 Å². The molecule has 0 fully saturated rings. The molecule has 0 radical (unpaired) electrons. The molecule has 1 aromatic rings. The zero-order valence-electron chi connectivity index (χ0n) is 10.6. The smallest absolute Gasteiger partial charge is 0.134 e. The van der Waals surface area contributed by atoms with E-state index in [9.17, 15) is 5.11 Å². The van der Waals surface area contributed by atoms with Crippen molar-refractivity contribution in [3.63, 3.8) is 0 Å². The molecule has 3 nitrogen and oxygen atoms in total. The quantitative estimate of drug-likeness (QED) is 0.832. The number of rotatable bonds is 5. The van der Waals surface area contributed by atoms with Crippen molar-refractivity contribution in [2.24, 2.45) is 11.8 Å². The first-order chi connectivity index (χ1) is 7.54. The van der Waals surface area contributed by atoms with Crippen LogP contribution in [0.15, 0.2) is 12.3 Å². The molecule has 0 amide bonds. The van der Waals surface area contributed by atoms with Gasteiger partial charge < -0.3 is 5.11 Å². The van der Waals surface area contributed by atoms with E-state index in [1.54, 1.807) is 6.20 Å². The van der Waals surface area contributed by atoms with E-state index in [1.807, 2.05) is 6.07 Å². The van der Waals surface area contributed by atoms with Gasteiger partial charge in [-0.2, -0.15) is 0 Å². The average Bonchev–Trinajstić information content (AvgIpc) is 2.17. The van der Waals surface area contributed by atoms with Crippen LogP contribution in [-0.4, -0.2) is 21.7 Å². The van der Waals surface area contributed by atoms with Gasteiger partial charge in [-0.25, -0.2) is 9.97 Å². The lowest BCUT2D eigenvalue weighted by atomic mass is 9.95. The summed E-state index contributed by atoms with van der Waals surface area (Å²) in [4.78, 5) is 8.80. The highest BCUT2D eigenvalue weighted by Crippen LogP contribution is 2.20. The van der Waals surface area contributed by atoms with Crippen LogP contribution in [0.25, 0.3) is 0 Å². The molecule has 16 heavy (non-hydrogen) atoms. The summed E-state index contributed by atoms with van der Waals surface area (Å²) in [6.45, 7) is 8.63. The molecular weight excluding hydrogens is 200 g/mol. The number of aliphatic hydroxyl groups excluding tert-OH is 1. The Morgan fingerprint density at radius 2 is 1.94 bits per heavy atom. The van der Waals surface area contributed by atoms with Crippen LogP contribution in [0.4, 0.5) is 0 Å². The Kier molecular flexibility index (Phi) is 4.87. The van der Waals surface area contributed by atoms with Gasteiger partial charge in [0.25, 0.3) is 0 Å². The Bertz CT molecular complexity index is 323. The highest BCUT2D eigenvalue weighted by molar-refractivity contribution is 5.07. The molecule has 1 rings (SSSR count). The third-order valence-corrected chi connectivity index (χ3v) is 2.68.